The first-order valence-corrected chi connectivity index (χ1v) is 7.34. The summed E-state index contributed by atoms with van der Waals surface area (Å²) in [5.41, 5.74) is 2.20. The summed E-state index contributed by atoms with van der Waals surface area (Å²) in [4.78, 5) is 12.4. The van der Waals surface area contributed by atoms with Crippen molar-refractivity contribution in [2.24, 2.45) is 7.05 Å². The number of ketones is 1. The normalized spacial score (nSPS) is 10.7. The van der Waals surface area contributed by atoms with Crippen LogP contribution in [0.5, 0.6) is 5.75 Å². The number of hydrogen-bond donors (Lipinski definition) is 0. The van der Waals surface area contributed by atoms with Gasteiger partial charge in [-0.25, -0.2) is 0 Å². The van der Waals surface area contributed by atoms with E-state index >= 15 is 0 Å². The molecule has 0 aliphatic carbocycles. The van der Waals surface area contributed by atoms with Crippen molar-refractivity contribution in [3.05, 3.63) is 46.2 Å². The lowest BCUT2D eigenvalue weighted by atomic mass is 10.0. The van der Waals surface area contributed by atoms with Gasteiger partial charge in [-0.1, -0.05) is 30.7 Å². The number of carbonyl (C=O) groups excluding carboxylic acids is 1. The van der Waals surface area contributed by atoms with Gasteiger partial charge in [0, 0.05) is 24.6 Å². The maximum absolute atomic E-state index is 12.4. The van der Waals surface area contributed by atoms with Crippen LogP contribution in [0.15, 0.2) is 24.3 Å². The molecule has 21 heavy (non-hydrogen) atoms. The predicted molar refractivity (Wildman–Crippen MR) is 83.2 cm³/mol. The Hall–Kier alpha value is -1.81. The molecule has 0 radical (unpaired) electrons. The van der Waals surface area contributed by atoms with Crippen molar-refractivity contribution in [3.63, 3.8) is 0 Å². The Labute approximate surface area is 129 Å². The molecule has 1 heterocycles. The van der Waals surface area contributed by atoms with Gasteiger partial charge in [-0.3, -0.25) is 9.48 Å². The van der Waals surface area contributed by atoms with Gasteiger partial charge >= 0.3 is 0 Å². The summed E-state index contributed by atoms with van der Waals surface area (Å²) in [5.74, 6) is 0.728. The maximum atomic E-state index is 12.4. The Morgan fingerprint density at radius 1 is 1.43 bits per heavy atom. The van der Waals surface area contributed by atoms with Gasteiger partial charge in [0.05, 0.1) is 12.3 Å². The summed E-state index contributed by atoms with van der Waals surface area (Å²) in [6.07, 6.45) is 1.18. The standard InChI is InChI=1S/C16H19ClN2O2/c1-4-8-21-13-7-5-6-12(9-13)15(20)10-14-11(2)18-19(3)16(14)17/h5-7,9H,4,8,10H2,1-3H3. The van der Waals surface area contributed by atoms with Gasteiger partial charge in [0.25, 0.3) is 0 Å². The Bertz CT molecular complexity index is 650. The molecule has 112 valence electrons. The van der Waals surface area contributed by atoms with E-state index in [0.717, 1.165) is 23.4 Å². The number of Topliss-reactive ketones (excluding diaryl/α,β-unsaturated/α-hetero) is 1. The highest BCUT2D eigenvalue weighted by molar-refractivity contribution is 6.30. The molecule has 0 N–H and O–H groups in total. The Morgan fingerprint density at radius 2 is 2.19 bits per heavy atom. The molecule has 1 aromatic heterocycles. The fourth-order valence-corrected chi connectivity index (χ4v) is 2.36. The van der Waals surface area contributed by atoms with Crippen LogP contribution in [-0.4, -0.2) is 22.2 Å². The van der Waals surface area contributed by atoms with Crippen LogP contribution >= 0.6 is 11.6 Å². The van der Waals surface area contributed by atoms with Gasteiger partial charge in [0.15, 0.2) is 5.78 Å². The van der Waals surface area contributed by atoms with Crippen LogP contribution in [0.3, 0.4) is 0 Å². The average molecular weight is 307 g/mol. The quantitative estimate of drug-likeness (QED) is 0.766. The SMILES string of the molecule is CCCOc1cccc(C(=O)Cc2c(C)nn(C)c2Cl)c1. The molecule has 0 fully saturated rings. The van der Waals surface area contributed by atoms with E-state index in [0.29, 0.717) is 17.3 Å². The van der Waals surface area contributed by atoms with Crippen molar-refractivity contribution in [3.8, 4) is 5.75 Å². The molecule has 0 atom stereocenters. The molecule has 1 aromatic carbocycles. The number of ether oxygens (including phenoxy) is 1. The lowest BCUT2D eigenvalue weighted by molar-refractivity contribution is 0.0992. The zero-order valence-electron chi connectivity index (χ0n) is 12.5. The largest absolute Gasteiger partial charge is 0.494 e. The third-order valence-corrected chi connectivity index (χ3v) is 3.71. The zero-order valence-corrected chi connectivity index (χ0v) is 13.3. The third kappa shape index (κ3) is 3.64. The first-order valence-electron chi connectivity index (χ1n) is 6.97. The second-order valence-corrected chi connectivity index (χ2v) is 5.31. The Morgan fingerprint density at radius 3 is 2.81 bits per heavy atom. The summed E-state index contributed by atoms with van der Waals surface area (Å²) >= 11 is 6.17. The third-order valence-electron chi connectivity index (χ3n) is 3.24. The highest BCUT2D eigenvalue weighted by atomic mass is 35.5. The predicted octanol–water partition coefficient (Wildman–Crippen LogP) is 3.60. The fourth-order valence-electron chi connectivity index (χ4n) is 2.12. The number of nitrogens with zero attached hydrogens (tertiary/aromatic N) is 2. The molecule has 0 amide bonds. The van der Waals surface area contributed by atoms with Crippen LogP contribution in [0.2, 0.25) is 5.15 Å². The molecule has 0 saturated heterocycles. The van der Waals surface area contributed by atoms with E-state index in [1.165, 1.54) is 0 Å². The number of rotatable bonds is 6. The summed E-state index contributed by atoms with van der Waals surface area (Å²) in [6.45, 7) is 4.54. The van der Waals surface area contributed by atoms with E-state index in [1.54, 1.807) is 23.9 Å². The van der Waals surface area contributed by atoms with Crippen LogP contribution in [0.1, 0.15) is 35.0 Å². The Kier molecular flexibility index (Phi) is 5.02. The summed E-state index contributed by atoms with van der Waals surface area (Å²) in [7, 11) is 1.77. The molecule has 0 unspecified atom stereocenters. The highest BCUT2D eigenvalue weighted by Gasteiger charge is 2.16. The van der Waals surface area contributed by atoms with Crippen LogP contribution in [0.25, 0.3) is 0 Å². The van der Waals surface area contributed by atoms with Crippen LogP contribution in [-0.2, 0) is 13.5 Å². The second kappa shape index (κ2) is 6.76. The first kappa shape index (κ1) is 15.6. The molecular formula is C16H19ClN2O2. The minimum Gasteiger partial charge on any atom is -0.494 e. The van der Waals surface area contributed by atoms with Gasteiger partial charge in [-0.05, 0) is 25.5 Å². The Balaban J connectivity index is 2.16. The number of aryl methyl sites for hydroxylation is 2. The van der Waals surface area contributed by atoms with Crippen molar-refractivity contribution in [2.75, 3.05) is 6.61 Å². The molecule has 2 rings (SSSR count). The number of halogens is 1. The van der Waals surface area contributed by atoms with E-state index in [1.807, 2.05) is 26.0 Å². The fraction of sp³-hybridized carbons (Fsp3) is 0.375. The zero-order chi connectivity index (χ0) is 15.4. The van der Waals surface area contributed by atoms with E-state index in [4.69, 9.17) is 16.3 Å². The molecule has 0 aliphatic heterocycles. The monoisotopic (exact) mass is 306 g/mol. The van der Waals surface area contributed by atoms with Crippen molar-refractivity contribution in [2.45, 2.75) is 26.7 Å². The number of benzene rings is 1. The molecule has 0 spiro atoms. The van der Waals surface area contributed by atoms with Crippen LogP contribution < -0.4 is 4.74 Å². The van der Waals surface area contributed by atoms with Crippen molar-refractivity contribution >= 4 is 17.4 Å². The number of hydrogen-bond acceptors (Lipinski definition) is 3. The van der Waals surface area contributed by atoms with Gasteiger partial charge < -0.3 is 4.74 Å². The second-order valence-electron chi connectivity index (χ2n) is 4.95. The smallest absolute Gasteiger partial charge is 0.167 e. The molecule has 0 aliphatic rings. The van der Waals surface area contributed by atoms with Crippen molar-refractivity contribution in [1.82, 2.24) is 9.78 Å². The lowest BCUT2D eigenvalue weighted by Gasteiger charge is -2.06. The highest BCUT2D eigenvalue weighted by Crippen LogP contribution is 2.22. The van der Waals surface area contributed by atoms with E-state index < -0.39 is 0 Å². The first-order chi connectivity index (χ1) is 10.0. The summed E-state index contributed by atoms with van der Waals surface area (Å²) in [6, 6.07) is 7.25. The minimum atomic E-state index is 0.00921. The van der Waals surface area contributed by atoms with Crippen molar-refractivity contribution in [1.29, 1.82) is 0 Å². The molecular weight excluding hydrogens is 288 g/mol. The molecule has 5 heteroatoms. The van der Waals surface area contributed by atoms with Gasteiger partial charge in [0.1, 0.15) is 10.9 Å². The van der Waals surface area contributed by atoms with Crippen LogP contribution in [0, 0.1) is 6.92 Å². The maximum Gasteiger partial charge on any atom is 0.167 e. The van der Waals surface area contributed by atoms with Gasteiger partial charge in [0.2, 0.25) is 0 Å². The minimum absolute atomic E-state index is 0.00921. The molecule has 2 aromatic rings. The summed E-state index contributed by atoms with van der Waals surface area (Å²) < 4.78 is 7.14. The van der Waals surface area contributed by atoms with Gasteiger partial charge in [-0.15, -0.1) is 0 Å². The topological polar surface area (TPSA) is 44.1 Å². The molecule has 0 saturated carbocycles. The lowest BCUT2D eigenvalue weighted by Crippen LogP contribution is -2.05. The average Bonchev–Trinajstić information content (AvgIpc) is 2.72. The summed E-state index contributed by atoms with van der Waals surface area (Å²) in [5, 5.41) is 4.74. The van der Waals surface area contributed by atoms with E-state index in [2.05, 4.69) is 5.10 Å². The number of carbonyl (C=O) groups is 1. The van der Waals surface area contributed by atoms with E-state index in [-0.39, 0.29) is 12.2 Å². The molecule has 4 nitrogen and oxygen atoms in total. The van der Waals surface area contributed by atoms with E-state index in [9.17, 15) is 4.79 Å². The van der Waals surface area contributed by atoms with Gasteiger partial charge in [-0.2, -0.15) is 5.10 Å². The number of aromatic nitrogens is 2. The molecule has 0 bridgehead atoms. The van der Waals surface area contributed by atoms with Crippen molar-refractivity contribution < 1.29 is 9.53 Å². The van der Waals surface area contributed by atoms with Crippen LogP contribution in [0.4, 0.5) is 0 Å².